The fraction of sp³-hybridized carbons (Fsp3) is 0.500. The first-order valence-corrected chi connectivity index (χ1v) is 10.5. The smallest absolute Gasteiger partial charge is 0.266 e. The van der Waals surface area contributed by atoms with Crippen molar-refractivity contribution in [2.75, 3.05) is 13.2 Å². The second-order valence-electron chi connectivity index (χ2n) is 7.34. The Hall–Kier alpha value is -3.23. The van der Waals surface area contributed by atoms with Crippen molar-refractivity contribution in [2.45, 2.75) is 58.4 Å². The Morgan fingerprint density at radius 3 is 2.55 bits per heavy atom. The number of nitrogens with one attached hydrogen (secondary N) is 2. The minimum atomic E-state index is -1.06. The molecular formula is C22H29N3O6. The van der Waals surface area contributed by atoms with Crippen molar-refractivity contribution in [2.24, 2.45) is 0 Å². The maximum absolute atomic E-state index is 13.0. The summed E-state index contributed by atoms with van der Waals surface area (Å²) >= 11 is 0. The molecule has 0 fully saturated rings. The molecule has 0 saturated heterocycles. The largest absolute Gasteiger partial charge is 0.493 e. The van der Waals surface area contributed by atoms with Crippen LogP contribution in [-0.2, 0) is 14.4 Å². The summed E-state index contributed by atoms with van der Waals surface area (Å²) < 4.78 is 5.78. The van der Waals surface area contributed by atoms with Crippen molar-refractivity contribution >= 4 is 30.0 Å². The van der Waals surface area contributed by atoms with Crippen LogP contribution in [0.4, 0.5) is 0 Å². The van der Waals surface area contributed by atoms with E-state index in [0.717, 1.165) is 30.6 Å². The lowest BCUT2D eigenvalue weighted by molar-refractivity contribution is -0.128. The number of imide groups is 2. The molecule has 0 saturated carbocycles. The quantitative estimate of drug-likeness (QED) is 0.279. The molecule has 9 heteroatoms. The van der Waals surface area contributed by atoms with Crippen LogP contribution in [0.5, 0.6) is 5.75 Å². The third kappa shape index (κ3) is 6.13. The van der Waals surface area contributed by atoms with Crippen molar-refractivity contribution in [3.63, 3.8) is 0 Å². The highest BCUT2D eigenvalue weighted by Crippen LogP contribution is 2.33. The summed E-state index contributed by atoms with van der Waals surface area (Å²) in [6, 6.07) is 3.74. The second-order valence-corrected chi connectivity index (χ2v) is 7.34. The van der Waals surface area contributed by atoms with Crippen LogP contribution in [0, 0.1) is 0 Å². The van der Waals surface area contributed by atoms with Crippen LogP contribution in [0.25, 0.3) is 0 Å². The fourth-order valence-electron chi connectivity index (χ4n) is 3.51. The Kier molecular flexibility index (Phi) is 9.17. The molecule has 31 heavy (non-hydrogen) atoms. The summed E-state index contributed by atoms with van der Waals surface area (Å²) in [5.74, 6) is -1.58. The molecule has 9 nitrogen and oxygen atoms in total. The molecule has 168 valence electrons. The molecule has 1 atom stereocenters. The van der Waals surface area contributed by atoms with Crippen molar-refractivity contribution in [1.82, 2.24) is 15.5 Å². The highest BCUT2D eigenvalue weighted by atomic mass is 16.5. The van der Waals surface area contributed by atoms with E-state index in [0.29, 0.717) is 25.3 Å². The van der Waals surface area contributed by atoms with E-state index in [2.05, 4.69) is 5.32 Å². The predicted molar refractivity (Wildman–Crippen MR) is 112 cm³/mol. The number of fused-ring (bicyclic) bond motifs is 1. The zero-order valence-corrected chi connectivity index (χ0v) is 17.9. The summed E-state index contributed by atoms with van der Waals surface area (Å²) in [4.78, 5) is 60.6. The molecule has 1 unspecified atom stereocenters. The zero-order chi connectivity index (χ0) is 22.8. The lowest BCUT2D eigenvalue weighted by Crippen LogP contribution is -2.49. The van der Waals surface area contributed by atoms with Crippen molar-refractivity contribution < 1.29 is 28.7 Å². The third-order valence-corrected chi connectivity index (χ3v) is 4.99. The van der Waals surface area contributed by atoms with Gasteiger partial charge < -0.3 is 10.1 Å². The molecule has 5 amide bonds. The van der Waals surface area contributed by atoms with E-state index < -0.39 is 23.8 Å². The number of carbonyl (C=O) groups excluding carboxylic acids is 5. The Morgan fingerprint density at radius 2 is 1.87 bits per heavy atom. The van der Waals surface area contributed by atoms with E-state index in [9.17, 15) is 24.0 Å². The van der Waals surface area contributed by atoms with Gasteiger partial charge in [0.15, 0.2) is 0 Å². The number of amides is 5. The lowest BCUT2D eigenvalue weighted by atomic mass is 10.1. The predicted octanol–water partition coefficient (Wildman–Crippen LogP) is 1.80. The van der Waals surface area contributed by atoms with Crippen LogP contribution >= 0.6 is 0 Å². The molecule has 0 spiro atoms. The zero-order valence-electron chi connectivity index (χ0n) is 17.9. The van der Waals surface area contributed by atoms with Gasteiger partial charge in [-0.3, -0.25) is 34.2 Å². The number of benzene rings is 1. The fourth-order valence-corrected chi connectivity index (χ4v) is 3.51. The van der Waals surface area contributed by atoms with Gasteiger partial charge in [0.25, 0.3) is 11.8 Å². The van der Waals surface area contributed by atoms with E-state index in [4.69, 9.17) is 4.74 Å². The minimum absolute atomic E-state index is 0.0423. The second kappa shape index (κ2) is 11.8. The first-order valence-electron chi connectivity index (χ1n) is 10.5. The monoisotopic (exact) mass is 431 g/mol. The summed E-state index contributed by atoms with van der Waals surface area (Å²) in [7, 11) is 0. The van der Waals surface area contributed by atoms with Crippen molar-refractivity contribution in [3.05, 3.63) is 29.3 Å². The molecule has 2 N–H and O–H groups in total. The van der Waals surface area contributed by atoms with Crippen LogP contribution in [0.1, 0.15) is 73.1 Å². The first kappa shape index (κ1) is 24.0. The topological polar surface area (TPSA) is 122 Å². The van der Waals surface area contributed by atoms with Gasteiger partial charge in [0, 0.05) is 13.5 Å². The van der Waals surface area contributed by atoms with E-state index >= 15 is 0 Å². The summed E-state index contributed by atoms with van der Waals surface area (Å²) in [6.45, 7) is 4.33. The van der Waals surface area contributed by atoms with Crippen molar-refractivity contribution in [1.29, 1.82) is 0 Å². The highest BCUT2D eigenvalue weighted by molar-refractivity contribution is 6.24. The van der Waals surface area contributed by atoms with Gasteiger partial charge in [0.1, 0.15) is 11.8 Å². The van der Waals surface area contributed by atoms with Crippen LogP contribution in [0.15, 0.2) is 18.2 Å². The summed E-state index contributed by atoms with van der Waals surface area (Å²) in [5.41, 5.74) is 0.343. The van der Waals surface area contributed by atoms with E-state index in [1.54, 1.807) is 12.1 Å². The molecule has 1 aromatic rings. The van der Waals surface area contributed by atoms with Gasteiger partial charge in [-0.05, 0) is 31.4 Å². The first-order chi connectivity index (χ1) is 14.9. The molecule has 1 aromatic carbocycles. The molecular weight excluding hydrogens is 402 g/mol. The van der Waals surface area contributed by atoms with Crippen LogP contribution in [0.3, 0.4) is 0 Å². The number of hydrogen-bond acceptors (Lipinski definition) is 6. The Balaban J connectivity index is 2.01. The SMILES string of the molecule is CCCC(C(=O)NC=O)N1C(=O)c2cccc(OCCCCCCNC(C)=O)c2C1=O. The summed E-state index contributed by atoms with van der Waals surface area (Å²) in [5, 5.41) is 4.78. The van der Waals surface area contributed by atoms with Gasteiger partial charge >= 0.3 is 0 Å². The Labute approximate surface area is 181 Å². The molecule has 0 bridgehead atoms. The molecule has 0 radical (unpaired) electrons. The molecule has 1 heterocycles. The Bertz CT molecular complexity index is 839. The number of unbranched alkanes of at least 4 members (excludes halogenated alkanes) is 3. The van der Waals surface area contributed by atoms with Gasteiger partial charge in [-0.2, -0.15) is 0 Å². The normalized spacial score (nSPS) is 13.5. The number of nitrogens with zero attached hydrogens (tertiary/aromatic N) is 1. The van der Waals surface area contributed by atoms with Crippen LogP contribution in [-0.4, -0.2) is 54.1 Å². The van der Waals surface area contributed by atoms with E-state index in [1.165, 1.54) is 13.0 Å². The lowest BCUT2D eigenvalue weighted by Gasteiger charge is -2.24. The van der Waals surface area contributed by atoms with E-state index in [1.807, 2.05) is 12.2 Å². The van der Waals surface area contributed by atoms with Gasteiger partial charge in [-0.15, -0.1) is 0 Å². The van der Waals surface area contributed by atoms with Gasteiger partial charge in [-0.25, -0.2) is 0 Å². The van der Waals surface area contributed by atoms with Gasteiger partial charge in [-0.1, -0.05) is 32.3 Å². The standard InChI is InChI=1S/C22H29N3O6/c1-3-9-17(20(28)24-14-26)25-21(29)16-10-8-11-18(19(16)22(25)30)31-13-7-5-4-6-12-23-15(2)27/h8,10-11,14,17H,3-7,9,12-13H2,1-2H3,(H,23,27)(H,24,26,28). The molecule has 0 aliphatic carbocycles. The minimum Gasteiger partial charge on any atom is -0.493 e. The van der Waals surface area contributed by atoms with Gasteiger partial charge in [0.05, 0.1) is 17.7 Å². The Morgan fingerprint density at radius 1 is 1.13 bits per heavy atom. The average molecular weight is 431 g/mol. The molecule has 1 aliphatic heterocycles. The van der Waals surface area contributed by atoms with Crippen LogP contribution in [0.2, 0.25) is 0 Å². The number of ether oxygens (including phenoxy) is 1. The van der Waals surface area contributed by atoms with Crippen molar-refractivity contribution in [3.8, 4) is 5.75 Å². The number of hydrogen-bond donors (Lipinski definition) is 2. The molecule has 1 aliphatic rings. The molecule has 2 rings (SSSR count). The van der Waals surface area contributed by atoms with Gasteiger partial charge in [0.2, 0.25) is 18.2 Å². The number of carbonyl (C=O) groups is 5. The van der Waals surface area contributed by atoms with Crippen LogP contribution < -0.4 is 15.4 Å². The van der Waals surface area contributed by atoms with E-state index in [-0.39, 0.29) is 29.9 Å². The maximum Gasteiger partial charge on any atom is 0.266 e. The third-order valence-electron chi connectivity index (χ3n) is 4.99. The average Bonchev–Trinajstić information content (AvgIpc) is 2.99. The maximum atomic E-state index is 13.0. The highest BCUT2D eigenvalue weighted by Gasteiger charge is 2.44. The summed E-state index contributed by atoms with van der Waals surface area (Å²) in [6.07, 6.45) is 4.52. The number of rotatable bonds is 13. The molecule has 0 aromatic heterocycles.